The van der Waals surface area contributed by atoms with E-state index in [2.05, 4.69) is 0 Å². The van der Waals surface area contributed by atoms with Gasteiger partial charge in [-0.3, -0.25) is 14.5 Å². The maximum atomic E-state index is 15.7. The average Bonchev–Trinajstić information content (AvgIpc) is 3.19. The third-order valence-electron chi connectivity index (χ3n) is 5.98. The van der Waals surface area contributed by atoms with Crippen LogP contribution in [0.1, 0.15) is 6.92 Å². The Balaban J connectivity index is 1.66. The minimum atomic E-state index is -5.30. The van der Waals surface area contributed by atoms with Crippen LogP contribution in [-0.2, 0) is 14.3 Å². The highest BCUT2D eigenvalue weighted by Crippen LogP contribution is 2.38. The van der Waals surface area contributed by atoms with Crippen molar-refractivity contribution in [3.05, 3.63) is 24.3 Å². The van der Waals surface area contributed by atoms with E-state index in [1.807, 2.05) is 0 Å². The predicted octanol–water partition coefficient (Wildman–Crippen LogP) is 3.87. The molecule has 1 aromatic carbocycles. The van der Waals surface area contributed by atoms with E-state index in [1.165, 1.54) is 34.5 Å². The lowest BCUT2D eigenvalue weighted by Crippen LogP contribution is -2.69. The average molecular weight is 647 g/mol. The lowest BCUT2D eigenvalue weighted by Gasteiger charge is -2.49. The Kier molecular flexibility index (Phi) is 9.19. The molecule has 0 aliphatic carbocycles. The number of ether oxygens (including phenoxy) is 1. The van der Waals surface area contributed by atoms with Gasteiger partial charge in [-0.25, -0.2) is 14.1 Å². The number of anilines is 2. The number of nitrogens with one attached hydrogen (secondary N) is 2. The lowest BCUT2D eigenvalue weighted by atomic mass is 10.1. The lowest BCUT2D eigenvalue weighted by molar-refractivity contribution is -0.177. The molecule has 0 saturated carbocycles. The van der Waals surface area contributed by atoms with E-state index in [-0.39, 0.29) is 19.6 Å². The Morgan fingerprint density at radius 3 is 2.08 bits per heavy atom. The van der Waals surface area contributed by atoms with Gasteiger partial charge in [0.25, 0.3) is 0 Å². The minimum Gasteiger partial charge on any atom is -0.442 e. The fourth-order valence-electron chi connectivity index (χ4n) is 4.13. The zero-order chi connectivity index (χ0) is 30.3. The van der Waals surface area contributed by atoms with Crippen molar-refractivity contribution in [3.63, 3.8) is 0 Å². The standard InChI is InChI=1S/C21H21Cl3F7N5O4/c1-18(25)10-34(6-7-36(18)14(19(22,23)24)33-16(38)21(29,30)31)11-2-4-12(5-3-11)35-9-13(40-17(35)39)8-32-15(37)20(26,27)28/h2-5,13-14H,6-10H2,1H3,(H,32,37)(H,33,38)/t13?,14?,18-/m1/s1. The molecule has 2 aliphatic heterocycles. The molecule has 3 amide bonds. The molecule has 1 aromatic rings. The SMILES string of the molecule is C[C@]1(F)CN(c2ccc(N3CC(CNC(=O)C(F)(F)F)OC3=O)cc2)CCN1C(NC(=O)C(F)(F)F)C(Cl)(Cl)Cl. The summed E-state index contributed by atoms with van der Waals surface area (Å²) in [4.78, 5) is 38.1. The molecule has 2 aliphatic rings. The van der Waals surface area contributed by atoms with Crippen LogP contribution in [0.15, 0.2) is 24.3 Å². The van der Waals surface area contributed by atoms with Crippen molar-refractivity contribution in [1.29, 1.82) is 0 Å². The first-order valence-electron chi connectivity index (χ1n) is 11.3. The second-order valence-electron chi connectivity index (χ2n) is 9.01. The second kappa shape index (κ2) is 11.4. The van der Waals surface area contributed by atoms with E-state index in [9.17, 15) is 40.7 Å². The molecule has 0 bridgehead atoms. The largest absolute Gasteiger partial charge is 0.471 e. The highest BCUT2D eigenvalue weighted by molar-refractivity contribution is 6.68. The molecule has 0 aromatic heterocycles. The molecular formula is C21H21Cl3F7N5O4. The molecule has 3 atom stereocenters. The molecule has 2 saturated heterocycles. The molecular weight excluding hydrogens is 626 g/mol. The van der Waals surface area contributed by atoms with Crippen molar-refractivity contribution in [3.8, 4) is 0 Å². The van der Waals surface area contributed by atoms with Gasteiger partial charge in [0.1, 0.15) is 12.3 Å². The van der Waals surface area contributed by atoms with Crippen LogP contribution < -0.4 is 20.4 Å². The third-order valence-corrected chi connectivity index (χ3v) is 6.60. The molecule has 2 fully saturated rings. The second-order valence-corrected chi connectivity index (χ2v) is 11.4. The minimum absolute atomic E-state index is 0.0325. The van der Waals surface area contributed by atoms with Crippen LogP contribution in [0.2, 0.25) is 0 Å². The first kappa shape index (κ1) is 32.1. The zero-order valence-corrected chi connectivity index (χ0v) is 22.5. The van der Waals surface area contributed by atoms with Crippen LogP contribution >= 0.6 is 34.8 Å². The Morgan fingerprint density at radius 2 is 1.57 bits per heavy atom. The normalized spacial score (nSPS) is 23.6. The Bertz CT molecular complexity index is 1120. The van der Waals surface area contributed by atoms with Crippen molar-refractivity contribution in [2.45, 2.75) is 41.1 Å². The van der Waals surface area contributed by atoms with Gasteiger partial charge in [-0.05, 0) is 31.2 Å². The molecule has 40 heavy (non-hydrogen) atoms. The fraction of sp³-hybridized carbons (Fsp3) is 0.571. The first-order chi connectivity index (χ1) is 18.2. The number of nitrogens with zero attached hydrogens (tertiary/aromatic N) is 3. The van der Waals surface area contributed by atoms with Crippen molar-refractivity contribution in [2.24, 2.45) is 0 Å². The summed E-state index contributed by atoms with van der Waals surface area (Å²) in [7, 11) is 0. The number of halogens is 10. The molecule has 0 radical (unpaired) electrons. The Morgan fingerprint density at radius 1 is 1.02 bits per heavy atom. The summed E-state index contributed by atoms with van der Waals surface area (Å²) in [5.41, 5.74) is 0.741. The molecule has 19 heteroatoms. The van der Waals surface area contributed by atoms with Gasteiger partial charge >= 0.3 is 30.3 Å². The number of alkyl halides is 10. The van der Waals surface area contributed by atoms with Gasteiger partial charge in [0, 0.05) is 24.5 Å². The smallest absolute Gasteiger partial charge is 0.442 e. The van der Waals surface area contributed by atoms with E-state index < -0.39 is 65.2 Å². The summed E-state index contributed by atoms with van der Waals surface area (Å²) in [5, 5.41) is 3.16. The number of cyclic esters (lactones) is 1. The molecule has 2 N–H and O–H groups in total. The summed E-state index contributed by atoms with van der Waals surface area (Å²) in [6.07, 6.45) is -14.2. The number of rotatable bonds is 6. The van der Waals surface area contributed by atoms with Crippen molar-refractivity contribution in [2.75, 3.05) is 42.5 Å². The van der Waals surface area contributed by atoms with Gasteiger partial charge in [0.2, 0.25) is 3.79 Å². The number of hydrogen-bond acceptors (Lipinski definition) is 6. The van der Waals surface area contributed by atoms with Crippen LogP contribution in [0.3, 0.4) is 0 Å². The van der Waals surface area contributed by atoms with E-state index in [1.54, 1.807) is 5.32 Å². The van der Waals surface area contributed by atoms with Gasteiger partial charge in [-0.1, -0.05) is 34.8 Å². The summed E-state index contributed by atoms with van der Waals surface area (Å²) in [6, 6.07) is 5.93. The number of piperazine rings is 1. The van der Waals surface area contributed by atoms with Crippen molar-refractivity contribution < 1.29 is 49.9 Å². The van der Waals surface area contributed by atoms with E-state index >= 15 is 4.39 Å². The van der Waals surface area contributed by atoms with E-state index in [4.69, 9.17) is 39.5 Å². The third kappa shape index (κ3) is 7.64. The number of hydrogen-bond donors (Lipinski definition) is 2. The van der Waals surface area contributed by atoms with E-state index in [0.717, 1.165) is 16.7 Å². The Hall–Kier alpha value is -2.43. The summed E-state index contributed by atoms with van der Waals surface area (Å²) in [6.45, 7) is -0.330. The number of carbonyl (C=O) groups excluding carboxylic acids is 3. The monoisotopic (exact) mass is 645 g/mol. The Labute approximate surface area is 237 Å². The van der Waals surface area contributed by atoms with Gasteiger partial charge in [-0.15, -0.1) is 0 Å². The maximum absolute atomic E-state index is 15.7. The molecule has 0 spiro atoms. The first-order valence-corrected chi connectivity index (χ1v) is 12.4. The zero-order valence-electron chi connectivity index (χ0n) is 20.3. The topological polar surface area (TPSA) is 94.2 Å². The molecule has 9 nitrogen and oxygen atoms in total. The summed E-state index contributed by atoms with van der Waals surface area (Å²) < 4.78 is 93.6. The number of amides is 3. The number of benzene rings is 1. The van der Waals surface area contributed by atoms with Gasteiger partial charge in [-0.2, -0.15) is 26.3 Å². The summed E-state index contributed by atoms with van der Waals surface area (Å²) in [5.74, 6) is -6.98. The van der Waals surface area contributed by atoms with Gasteiger partial charge < -0.3 is 20.3 Å². The quantitative estimate of drug-likeness (QED) is 0.277. The van der Waals surface area contributed by atoms with Crippen molar-refractivity contribution >= 4 is 64.1 Å². The van der Waals surface area contributed by atoms with Crippen molar-refractivity contribution in [1.82, 2.24) is 15.5 Å². The van der Waals surface area contributed by atoms with Crippen LogP contribution in [-0.4, -0.2) is 89.7 Å². The van der Waals surface area contributed by atoms with Gasteiger partial charge in [0.15, 0.2) is 5.79 Å². The fourth-order valence-corrected chi connectivity index (χ4v) is 4.65. The predicted molar refractivity (Wildman–Crippen MR) is 130 cm³/mol. The highest BCUT2D eigenvalue weighted by Gasteiger charge is 2.52. The van der Waals surface area contributed by atoms with E-state index in [0.29, 0.717) is 11.4 Å². The van der Waals surface area contributed by atoms with Crippen LogP contribution in [0.5, 0.6) is 0 Å². The molecule has 2 unspecified atom stereocenters. The number of carbonyl (C=O) groups is 3. The summed E-state index contributed by atoms with van der Waals surface area (Å²) >= 11 is 17.3. The van der Waals surface area contributed by atoms with Gasteiger partial charge in [0.05, 0.1) is 19.6 Å². The van der Waals surface area contributed by atoms with Crippen LogP contribution in [0.4, 0.5) is 46.9 Å². The van der Waals surface area contributed by atoms with Crippen LogP contribution in [0.25, 0.3) is 0 Å². The highest BCUT2D eigenvalue weighted by atomic mass is 35.6. The molecule has 3 rings (SSSR count). The van der Waals surface area contributed by atoms with Crippen LogP contribution in [0, 0.1) is 0 Å². The molecule has 224 valence electrons. The maximum Gasteiger partial charge on any atom is 0.471 e. The molecule has 2 heterocycles.